The molecule has 4 aromatic rings. The Labute approximate surface area is 270 Å². The lowest BCUT2D eigenvalue weighted by Crippen LogP contribution is -2.51. The molecule has 1 unspecified atom stereocenters. The second-order valence-electron chi connectivity index (χ2n) is 11.8. The molecule has 2 atom stereocenters. The molecule has 0 bridgehead atoms. The molecule has 0 aliphatic carbocycles. The lowest BCUT2D eigenvalue weighted by molar-refractivity contribution is -0.143. The van der Waals surface area contributed by atoms with E-state index < -0.39 is 12.1 Å². The van der Waals surface area contributed by atoms with Crippen molar-refractivity contribution >= 4 is 22.9 Å². The number of primary amides is 1. The lowest BCUT2D eigenvalue weighted by atomic mass is 9.96. The molecule has 1 aromatic heterocycles. The smallest absolute Gasteiger partial charge is 0.314 e. The van der Waals surface area contributed by atoms with Crippen LogP contribution in [0.4, 0.5) is 4.79 Å². The van der Waals surface area contributed by atoms with E-state index in [0.29, 0.717) is 38.3 Å². The van der Waals surface area contributed by atoms with Gasteiger partial charge in [0.1, 0.15) is 18.5 Å². The van der Waals surface area contributed by atoms with Gasteiger partial charge in [0, 0.05) is 50.9 Å². The van der Waals surface area contributed by atoms with Crippen molar-refractivity contribution in [2.45, 2.75) is 25.0 Å². The summed E-state index contributed by atoms with van der Waals surface area (Å²) in [6, 6.07) is 30.4. The second-order valence-corrected chi connectivity index (χ2v) is 11.8. The molecule has 2 aliphatic rings. The van der Waals surface area contributed by atoms with Crippen molar-refractivity contribution in [1.29, 1.82) is 0 Å². The first kappa shape index (κ1) is 32.9. The van der Waals surface area contributed by atoms with Crippen molar-refractivity contribution in [3.63, 3.8) is 0 Å². The van der Waals surface area contributed by atoms with Crippen LogP contribution in [-0.4, -0.2) is 100 Å². The summed E-state index contributed by atoms with van der Waals surface area (Å²) in [6.45, 7) is 4.93. The molecular formula is C36H43N5O5. The van der Waals surface area contributed by atoms with Crippen LogP contribution >= 0.6 is 0 Å². The van der Waals surface area contributed by atoms with E-state index in [0.717, 1.165) is 37.0 Å². The lowest BCUT2D eigenvalue weighted by Gasteiger charge is -2.39. The van der Waals surface area contributed by atoms with Gasteiger partial charge in [0.05, 0.1) is 17.5 Å². The Kier molecular flexibility index (Phi) is 11.6. The minimum atomic E-state index is -0.756. The maximum Gasteiger partial charge on any atom is 0.314 e. The van der Waals surface area contributed by atoms with Crippen LogP contribution in [0.1, 0.15) is 30.0 Å². The van der Waals surface area contributed by atoms with E-state index in [4.69, 9.17) is 15.6 Å². The van der Waals surface area contributed by atoms with Gasteiger partial charge in [0.15, 0.2) is 0 Å². The quantitative estimate of drug-likeness (QED) is 0.252. The molecule has 3 heterocycles. The van der Waals surface area contributed by atoms with Crippen LogP contribution in [0.25, 0.3) is 10.9 Å². The Balaban J connectivity index is 0.000000182. The number of β-amino-alcohol motifs (C(OH)–C–C–N with tert-alkyl or cyclic N) is 1. The third-order valence-electron chi connectivity index (χ3n) is 8.58. The topological polar surface area (TPSA) is 132 Å². The van der Waals surface area contributed by atoms with Gasteiger partial charge in [0.2, 0.25) is 0 Å². The molecule has 6 rings (SSSR count). The number of ether oxygens (including phenoxy) is 1. The number of benzene rings is 3. The first-order chi connectivity index (χ1) is 22.4. The first-order valence-corrected chi connectivity index (χ1v) is 15.9. The summed E-state index contributed by atoms with van der Waals surface area (Å²) in [7, 11) is 0. The highest BCUT2D eigenvalue weighted by Gasteiger charge is 2.28. The zero-order valence-electron chi connectivity index (χ0n) is 26.0. The number of rotatable bonds is 9. The number of carbonyl (C=O) groups excluding carboxylic acids is 1. The van der Waals surface area contributed by atoms with Gasteiger partial charge in [-0.3, -0.25) is 19.6 Å². The van der Waals surface area contributed by atoms with Crippen LogP contribution in [0.3, 0.4) is 0 Å². The van der Waals surface area contributed by atoms with E-state index in [9.17, 15) is 14.7 Å². The molecule has 10 heteroatoms. The summed E-state index contributed by atoms with van der Waals surface area (Å²) in [4.78, 5) is 32.8. The van der Waals surface area contributed by atoms with Gasteiger partial charge in [-0.1, -0.05) is 66.7 Å². The average molecular weight is 626 g/mol. The number of hydrogen-bond donors (Lipinski definition) is 3. The number of likely N-dealkylation sites (tertiary alicyclic amines) is 1. The highest BCUT2D eigenvalue weighted by atomic mass is 16.5. The minimum absolute atomic E-state index is 0.169. The molecule has 46 heavy (non-hydrogen) atoms. The fourth-order valence-electron chi connectivity index (χ4n) is 6.25. The zero-order valence-corrected chi connectivity index (χ0v) is 26.0. The Hall–Kier alpha value is -4.51. The summed E-state index contributed by atoms with van der Waals surface area (Å²) >= 11 is 0. The van der Waals surface area contributed by atoms with E-state index in [1.54, 1.807) is 11.1 Å². The van der Waals surface area contributed by atoms with E-state index in [2.05, 4.69) is 58.4 Å². The monoisotopic (exact) mass is 625 g/mol. The molecule has 10 nitrogen and oxygen atoms in total. The third-order valence-corrected chi connectivity index (χ3v) is 8.58. The molecule has 242 valence electrons. The van der Waals surface area contributed by atoms with Gasteiger partial charge < -0.3 is 25.6 Å². The molecular weight excluding hydrogens is 582 g/mol. The molecule has 3 aromatic carbocycles. The van der Waals surface area contributed by atoms with Crippen molar-refractivity contribution < 1.29 is 24.5 Å². The van der Waals surface area contributed by atoms with Crippen LogP contribution in [0.5, 0.6) is 5.75 Å². The molecule has 0 saturated carbocycles. The summed E-state index contributed by atoms with van der Waals surface area (Å²) in [5, 5.41) is 20.3. The third kappa shape index (κ3) is 8.81. The molecule has 2 amide bonds. The molecule has 0 spiro atoms. The number of fused-ring (bicyclic) bond motifs is 1. The van der Waals surface area contributed by atoms with Crippen LogP contribution in [0.15, 0.2) is 97.2 Å². The standard InChI is InChI=1S/C18H21N3O.C18H22N2O4/c19-18(22)21-13-11-20(12-14-21)17(15-7-3-1-4-8-15)16-9-5-2-6-10-16;21-14(11-20-9-3-4-13(10-20)18(22)23)12-24-17-7-1-6-16-15(17)5-2-8-19-16/h1-10,17H,11-14H2,(H2,19,22);1-2,5-8,13-14,21H,3-4,9-12H2,(H,22,23)/t;13?,14-/m.1/s1. The molecule has 2 fully saturated rings. The maximum absolute atomic E-state index is 11.3. The number of carbonyl (C=O) groups is 2. The van der Waals surface area contributed by atoms with Crippen LogP contribution in [0, 0.1) is 5.92 Å². The predicted octanol–water partition coefficient (Wildman–Crippen LogP) is 4.24. The summed E-state index contributed by atoms with van der Waals surface area (Å²) in [6.07, 6.45) is 2.63. The van der Waals surface area contributed by atoms with E-state index in [-0.39, 0.29) is 24.6 Å². The minimum Gasteiger partial charge on any atom is -0.490 e. The number of nitrogens with two attached hydrogens (primary N) is 1. The molecule has 0 radical (unpaired) electrons. The number of piperazine rings is 1. The summed E-state index contributed by atoms with van der Waals surface area (Å²) in [5.41, 5.74) is 8.79. The second kappa shape index (κ2) is 16.2. The molecule has 2 saturated heterocycles. The van der Waals surface area contributed by atoms with Crippen molar-refractivity contribution in [3.8, 4) is 5.75 Å². The summed E-state index contributed by atoms with van der Waals surface area (Å²) in [5.74, 6) is -0.397. The summed E-state index contributed by atoms with van der Waals surface area (Å²) < 4.78 is 5.76. The number of nitrogens with zero attached hydrogens (tertiary/aromatic N) is 4. The maximum atomic E-state index is 11.3. The number of aliphatic hydroxyl groups excluding tert-OH is 1. The Morgan fingerprint density at radius 1 is 0.870 bits per heavy atom. The average Bonchev–Trinajstić information content (AvgIpc) is 3.09. The fourth-order valence-corrected chi connectivity index (χ4v) is 6.25. The predicted molar refractivity (Wildman–Crippen MR) is 178 cm³/mol. The number of aliphatic carboxylic acids is 1. The van der Waals surface area contributed by atoms with Crippen molar-refractivity contribution in [2.75, 3.05) is 52.4 Å². The van der Waals surface area contributed by atoms with Crippen molar-refractivity contribution in [3.05, 3.63) is 108 Å². The molecule has 2 aliphatic heterocycles. The number of hydrogen-bond acceptors (Lipinski definition) is 7. The number of carboxylic acids is 1. The number of piperidine rings is 1. The Morgan fingerprint density at radius 2 is 1.54 bits per heavy atom. The van der Waals surface area contributed by atoms with E-state index >= 15 is 0 Å². The van der Waals surface area contributed by atoms with Gasteiger partial charge in [-0.2, -0.15) is 0 Å². The van der Waals surface area contributed by atoms with Crippen molar-refractivity contribution in [2.24, 2.45) is 11.7 Å². The first-order valence-electron chi connectivity index (χ1n) is 15.9. The van der Waals surface area contributed by atoms with Crippen molar-refractivity contribution in [1.82, 2.24) is 19.7 Å². The Bertz CT molecular complexity index is 1500. The zero-order chi connectivity index (χ0) is 32.3. The number of pyridine rings is 1. The van der Waals surface area contributed by atoms with Gasteiger partial charge in [0.25, 0.3) is 0 Å². The van der Waals surface area contributed by atoms with E-state index in [1.807, 2.05) is 47.4 Å². The number of amides is 2. The normalized spacial score (nSPS) is 18.0. The van der Waals surface area contributed by atoms with Gasteiger partial charge >= 0.3 is 12.0 Å². The highest BCUT2D eigenvalue weighted by molar-refractivity contribution is 5.84. The van der Waals surface area contributed by atoms with Crippen LogP contribution in [-0.2, 0) is 4.79 Å². The van der Waals surface area contributed by atoms with Gasteiger partial charge in [-0.25, -0.2) is 4.79 Å². The number of aliphatic hydroxyl groups is 1. The largest absolute Gasteiger partial charge is 0.490 e. The van der Waals surface area contributed by atoms with E-state index in [1.165, 1.54) is 11.1 Å². The van der Waals surface area contributed by atoms with Gasteiger partial charge in [-0.05, 0) is 54.8 Å². The SMILES string of the molecule is NC(=O)N1CCN(C(c2ccccc2)c2ccccc2)CC1.O=C(O)C1CCCN(C[C@@H](O)COc2cccc3ncccc23)C1. The number of carboxylic acid groups (broad SMARTS) is 1. The highest BCUT2D eigenvalue weighted by Crippen LogP contribution is 2.29. The molecule has 4 N–H and O–H groups in total. The Morgan fingerprint density at radius 3 is 2.17 bits per heavy atom. The fraction of sp³-hybridized carbons (Fsp3) is 0.361. The number of aromatic nitrogens is 1. The van der Waals surface area contributed by atoms with Crippen LogP contribution < -0.4 is 10.5 Å². The van der Waals surface area contributed by atoms with Crippen LogP contribution in [0.2, 0.25) is 0 Å². The number of urea groups is 1. The van der Waals surface area contributed by atoms with Gasteiger partial charge in [-0.15, -0.1) is 0 Å².